The van der Waals surface area contributed by atoms with Crippen molar-refractivity contribution >= 4 is 23.4 Å². The summed E-state index contributed by atoms with van der Waals surface area (Å²) in [7, 11) is 1.60. The van der Waals surface area contributed by atoms with Gasteiger partial charge in [0.05, 0.1) is 26.0 Å². The van der Waals surface area contributed by atoms with Crippen LogP contribution in [0.1, 0.15) is 49.0 Å². The molecule has 1 aliphatic rings. The summed E-state index contributed by atoms with van der Waals surface area (Å²) >= 11 is 0. The third-order valence-electron chi connectivity index (χ3n) is 4.87. The topological polar surface area (TPSA) is 89.5 Å². The molecule has 1 heterocycles. The highest BCUT2D eigenvalue weighted by atomic mass is 16.5. The van der Waals surface area contributed by atoms with Crippen molar-refractivity contribution in [3.63, 3.8) is 0 Å². The molecule has 0 aromatic heterocycles. The van der Waals surface area contributed by atoms with E-state index in [4.69, 9.17) is 14.2 Å². The van der Waals surface area contributed by atoms with Crippen molar-refractivity contribution in [3.8, 4) is 11.5 Å². The fraction of sp³-hybridized carbons (Fsp3) is 0.375. The number of nitrogens with zero attached hydrogens (tertiary/aromatic N) is 2. The zero-order valence-electron chi connectivity index (χ0n) is 18.7. The Morgan fingerprint density at radius 3 is 2.56 bits per heavy atom. The molecule has 8 nitrogen and oxygen atoms in total. The molecule has 0 spiro atoms. The molecule has 1 N–H and O–H groups in total. The quantitative estimate of drug-likeness (QED) is 0.644. The van der Waals surface area contributed by atoms with E-state index in [0.29, 0.717) is 42.5 Å². The van der Waals surface area contributed by atoms with E-state index in [9.17, 15) is 9.59 Å². The number of rotatable bonds is 8. The van der Waals surface area contributed by atoms with Crippen LogP contribution in [0.4, 0.5) is 10.5 Å². The summed E-state index contributed by atoms with van der Waals surface area (Å²) in [5, 5.41) is 8.73. The highest BCUT2D eigenvalue weighted by Crippen LogP contribution is 2.29. The lowest BCUT2D eigenvalue weighted by Gasteiger charge is -2.24. The van der Waals surface area contributed by atoms with E-state index in [1.165, 1.54) is 5.01 Å². The van der Waals surface area contributed by atoms with Crippen LogP contribution in [0.2, 0.25) is 0 Å². The van der Waals surface area contributed by atoms with Gasteiger partial charge in [0.25, 0.3) is 5.91 Å². The molecule has 0 atom stereocenters. The van der Waals surface area contributed by atoms with Gasteiger partial charge in [-0.05, 0) is 68.7 Å². The van der Waals surface area contributed by atoms with Gasteiger partial charge in [0, 0.05) is 23.4 Å². The summed E-state index contributed by atoms with van der Waals surface area (Å²) < 4.78 is 16.0. The van der Waals surface area contributed by atoms with Gasteiger partial charge in [-0.15, -0.1) is 0 Å². The molecule has 1 aliphatic heterocycles. The van der Waals surface area contributed by atoms with Crippen molar-refractivity contribution in [2.24, 2.45) is 5.10 Å². The van der Waals surface area contributed by atoms with E-state index in [0.717, 1.165) is 30.5 Å². The van der Waals surface area contributed by atoms with Crippen molar-refractivity contribution in [2.45, 2.75) is 33.1 Å². The summed E-state index contributed by atoms with van der Waals surface area (Å²) in [5.41, 5.74) is 2.78. The second kappa shape index (κ2) is 11.2. The standard InChI is InChI=1S/C24H29N3O5/c1-4-15-32-24(29)25-19-11-8-17(9-12-19)23(28)27-14-6-7-20(26-27)18-10-13-21(30-3)22(16-18)31-5-2/h8-13,16H,4-7,14-15H2,1-3H3,(H,25,29). The maximum absolute atomic E-state index is 13.0. The Hall–Kier alpha value is -3.55. The molecule has 2 aromatic carbocycles. The van der Waals surface area contributed by atoms with E-state index in [1.807, 2.05) is 32.0 Å². The molecular weight excluding hydrogens is 410 g/mol. The number of hydrogen-bond acceptors (Lipinski definition) is 6. The van der Waals surface area contributed by atoms with Crippen molar-refractivity contribution in [3.05, 3.63) is 53.6 Å². The molecule has 0 bridgehead atoms. The van der Waals surface area contributed by atoms with Crippen LogP contribution >= 0.6 is 0 Å². The van der Waals surface area contributed by atoms with Crippen LogP contribution in [-0.2, 0) is 4.74 Å². The lowest BCUT2D eigenvalue weighted by atomic mass is 10.0. The summed E-state index contributed by atoms with van der Waals surface area (Å²) in [4.78, 5) is 24.7. The van der Waals surface area contributed by atoms with E-state index in [1.54, 1.807) is 31.4 Å². The van der Waals surface area contributed by atoms with Gasteiger partial charge in [-0.2, -0.15) is 5.10 Å². The monoisotopic (exact) mass is 439 g/mol. The molecule has 32 heavy (non-hydrogen) atoms. The summed E-state index contributed by atoms with van der Waals surface area (Å²) in [6, 6.07) is 12.4. The van der Waals surface area contributed by atoms with Crippen LogP contribution in [0.15, 0.2) is 47.6 Å². The third kappa shape index (κ3) is 5.78. The van der Waals surface area contributed by atoms with Crippen molar-refractivity contribution in [2.75, 3.05) is 32.2 Å². The molecule has 0 fully saturated rings. The van der Waals surface area contributed by atoms with Crippen molar-refractivity contribution in [1.29, 1.82) is 0 Å². The van der Waals surface area contributed by atoms with Gasteiger partial charge in [0.2, 0.25) is 0 Å². The molecule has 0 unspecified atom stereocenters. The number of carbonyl (C=O) groups excluding carboxylic acids is 2. The Balaban J connectivity index is 1.73. The minimum atomic E-state index is -0.512. The Labute approximate surface area is 188 Å². The molecule has 2 aromatic rings. The van der Waals surface area contributed by atoms with Gasteiger partial charge in [-0.3, -0.25) is 10.1 Å². The highest BCUT2D eigenvalue weighted by molar-refractivity contribution is 6.03. The summed E-state index contributed by atoms with van der Waals surface area (Å²) in [6.07, 6.45) is 1.82. The Kier molecular flexibility index (Phi) is 8.08. The number of anilines is 1. The fourth-order valence-corrected chi connectivity index (χ4v) is 3.31. The van der Waals surface area contributed by atoms with Gasteiger partial charge in [0.15, 0.2) is 11.5 Å². The lowest BCUT2D eigenvalue weighted by molar-refractivity contribution is 0.0751. The van der Waals surface area contributed by atoms with Gasteiger partial charge < -0.3 is 14.2 Å². The van der Waals surface area contributed by atoms with E-state index in [2.05, 4.69) is 10.4 Å². The Morgan fingerprint density at radius 1 is 1.09 bits per heavy atom. The highest BCUT2D eigenvalue weighted by Gasteiger charge is 2.21. The van der Waals surface area contributed by atoms with Crippen LogP contribution in [0.5, 0.6) is 11.5 Å². The van der Waals surface area contributed by atoms with Crippen LogP contribution in [0.3, 0.4) is 0 Å². The van der Waals surface area contributed by atoms with Crippen molar-refractivity contribution < 1.29 is 23.8 Å². The van der Waals surface area contributed by atoms with E-state index in [-0.39, 0.29) is 5.91 Å². The van der Waals surface area contributed by atoms with Gasteiger partial charge in [-0.1, -0.05) is 6.92 Å². The molecule has 0 aliphatic carbocycles. The molecule has 170 valence electrons. The minimum Gasteiger partial charge on any atom is -0.493 e. The number of amides is 2. The zero-order chi connectivity index (χ0) is 22.9. The second-order valence-electron chi connectivity index (χ2n) is 7.22. The number of ether oxygens (including phenoxy) is 3. The van der Waals surface area contributed by atoms with Gasteiger partial charge in [-0.25, -0.2) is 9.80 Å². The van der Waals surface area contributed by atoms with Crippen LogP contribution in [-0.4, -0.2) is 49.6 Å². The van der Waals surface area contributed by atoms with Gasteiger partial charge >= 0.3 is 6.09 Å². The Morgan fingerprint density at radius 2 is 1.88 bits per heavy atom. The molecule has 0 saturated carbocycles. The molecule has 3 rings (SSSR count). The normalized spacial score (nSPS) is 13.2. The molecule has 0 saturated heterocycles. The molecular formula is C24H29N3O5. The predicted octanol–water partition coefficient (Wildman–Crippen LogP) is 4.69. The SMILES string of the molecule is CCCOC(=O)Nc1ccc(C(=O)N2CCCC(c3ccc(OC)c(OCC)c3)=N2)cc1. The molecule has 0 radical (unpaired) electrons. The largest absolute Gasteiger partial charge is 0.493 e. The predicted molar refractivity (Wildman–Crippen MR) is 123 cm³/mol. The minimum absolute atomic E-state index is 0.194. The first-order valence-corrected chi connectivity index (χ1v) is 10.8. The van der Waals surface area contributed by atoms with Crippen molar-refractivity contribution in [1.82, 2.24) is 5.01 Å². The number of benzene rings is 2. The van der Waals surface area contributed by atoms with E-state index < -0.39 is 6.09 Å². The number of hydrazone groups is 1. The zero-order valence-corrected chi connectivity index (χ0v) is 18.7. The van der Waals surface area contributed by atoms with Crippen LogP contribution < -0.4 is 14.8 Å². The lowest BCUT2D eigenvalue weighted by Crippen LogP contribution is -2.32. The van der Waals surface area contributed by atoms with Gasteiger partial charge in [0.1, 0.15) is 0 Å². The van der Waals surface area contributed by atoms with E-state index >= 15 is 0 Å². The third-order valence-corrected chi connectivity index (χ3v) is 4.87. The summed E-state index contributed by atoms with van der Waals surface area (Å²) in [6.45, 7) is 5.27. The first-order chi connectivity index (χ1) is 15.5. The molecule has 2 amide bonds. The average Bonchev–Trinajstić information content (AvgIpc) is 2.83. The second-order valence-corrected chi connectivity index (χ2v) is 7.22. The maximum atomic E-state index is 13.0. The number of carbonyl (C=O) groups is 2. The van der Waals surface area contributed by atoms with Crippen LogP contribution in [0.25, 0.3) is 0 Å². The smallest absolute Gasteiger partial charge is 0.411 e. The van der Waals surface area contributed by atoms with Crippen LogP contribution in [0, 0.1) is 0 Å². The number of nitrogens with one attached hydrogen (secondary N) is 1. The first kappa shape index (κ1) is 23.1. The fourth-order valence-electron chi connectivity index (χ4n) is 3.31. The summed E-state index contributed by atoms with van der Waals surface area (Å²) in [5.74, 6) is 1.12. The number of hydrogen-bond donors (Lipinski definition) is 1. The number of methoxy groups -OCH3 is 1. The molecule has 8 heteroatoms. The Bertz CT molecular complexity index is 972. The maximum Gasteiger partial charge on any atom is 0.411 e. The first-order valence-electron chi connectivity index (χ1n) is 10.8. The average molecular weight is 440 g/mol.